The number of halogens is 1. The van der Waals surface area contributed by atoms with Crippen molar-refractivity contribution in [2.45, 2.75) is 12.8 Å². The molecule has 0 spiro atoms. The van der Waals surface area contributed by atoms with Crippen molar-refractivity contribution in [2.24, 2.45) is 10.3 Å². The molecule has 1 aromatic rings. The van der Waals surface area contributed by atoms with Crippen LogP contribution >= 0.6 is 15.9 Å². The van der Waals surface area contributed by atoms with Crippen LogP contribution in [0.15, 0.2) is 33.0 Å². The standard InChI is InChI=1S/C11H11BrN4/c12-10-7-9(8-13)3-4-11(10)14-15-16-5-1-2-6-16/h3-4,7H,1-2,5-6H2. The zero-order valence-corrected chi connectivity index (χ0v) is 10.3. The molecule has 0 radical (unpaired) electrons. The highest BCUT2D eigenvalue weighted by Gasteiger charge is 2.08. The van der Waals surface area contributed by atoms with Gasteiger partial charge in [-0.3, -0.25) is 5.01 Å². The van der Waals surface area contributed by atoms with Crippen molar-refractivity contribution in [1.29, 1.82) is 5.26 Å². The van der Waals surface area contributed by atoms with Gasteiger partial charge >= 0.3 is 0 Å². The van der Waals surface area contributed by atoms with Gasteiger partial charge in [-0.1, -0.05) is 5.22 Å². The smallest absolute Gasteiger partial charge is 0.102 e. The summed E-state index contributed by atoms with van der Waals surface area (Å²) in [5.74, 6) is 0. The van der Waals surface area contributed by atoms with Crippen LogP contribution in [-0.2, 0) is 0 Å². The maximum absolute atomic E-state index is 8.72. The highest BCUT2D eigenvalue weighted by atomic mass is 79.9. The van der Waals surface area contributed by atoms with E-state index in [-0.39, 0.29) is 0 Å². The Morgan fingerprint density at radius 2 is 2.06 bits per heavy atom. The Labute approximate surface area is 103 Å². The van der Waals surface area contributed by atoms with Gasteiger partial charge < -0.3 is 0 Å². The lowest BCUT2D eigenvalue weighted by atomic mass is 10.2. The molecule has 1 aliphatic heterocycles. The second kappa shape index (κ2) is 5.08. The van der Waals surface area contributed by atoms with Crippen LogP contribution in [0.4, 0.5) is 5.69 Å². The van der Waals surface area contributed by atoms with Crippen molar-refractivity contribution < 1.29 is 0 Å². The third-order valence-electron chi connectivity index (χ3n) is 2.44. The van der Waals surface area contributed by atoms with E-state index in [1.54, 1.807) is 18.2 Å². The summed E-state index contributed by atoms with van der Waals surface area (Å²) in [4.78, 5) is 0. The fourth-order valence-electron chi connectivity index (χ4n) is 1.56. The Balaban J connectivity index is 2.12. The zero-order valence-electron chi connectivity index (χ0n) is 8.73. The van der Waals surface area contributed by atoms with Gasteiger partial charge in [-0.25, -0.2) is 0 Å². The van der Waals surface area contributed by atoms with E-state index in [9.17, 15) is 0 Å². The lowest BCUT2D eigenvalue weighted by Gasteiger charge is -2.07. The summed E-state index contributed by atoms with van der Waals surface area (Å²) >= 11 is 3.37. The van der Waals surface area contributed by atoms with Crippen LogP contribution in [0.2, 0.25) is 0 Å². The van der Waals surface area contributed by atoms with E-state index in [0.717, 1.165) is 23.2 Å². The van der Waals surface area contributed by atoms with Crippen molar-refractivity contribution in [3.63, 3.8) is 0 Å². The summed E-state index contributed by atoms with van der Waals surface area (Å²) in [6.07, 6.45) is 2.38. The van der Waals surface area contributed by atoms with Gasteiger partial charge in [0.2, 0.25) is 0 Å². The predicted octanol–water partition coefficient (Wildman–Crippen LogP) is 3.42. The largest absolute Gasteiger partial charge is 0.278 e. The number of hydrogen-bond donors (Lipinski definition) is 0. The van der Waals surface area contributed by atoms with Crippen LogP contribution in [0.5, 0.6) is 0 Å². The van der Waals surface area contributed by atoms with E-state index >= 15 is 0 Å². The van der Waals surface area contributed by atoms with Gasteiger partial charge in [0.1, 0.15) is 5.69 Å². The van der Waals surface area contributed by atoms with Gasteiger partial charge in [-0.2, -0.15) is 5.26 Å². The van der Waals surface area contributed by atoms with Crippen molar-refractivity contribution in [2.75, 3.05) is 13.1 Å². The van der Waals surface area contributed by atoms with Crippen LogP contribution in [-0.4, -0.2) is 18.1 Å². The second-order valence-electron chi connectivity index (χ2n) is 3.63. The maximum Gasteiger partial charge on any atom is 0.102 e. The van der Waals surface area contributed by atoms with E-state index < -0.39 is 0 Å². The summed E-state index contributed by atoms with van der Waals surface area (Å²) in [6, 6.07) is 7.36. The molecule has 1 fully saturated rings. The second-order valence-corrected chi connectivity index (χ2v) is 4.48. The molecule has 1 aromatic carbocycles. The number of benzene rings is 1. The van der Waals surface area contributed by atoms with Gasteiger partial charge in [-0.05, 0) is 47.0 Å². The Morgan fingerprint density at radius 3 is 2.69 bits per heavy atom. The van der Waals surface area contributed by atoms with Gasteiger partial charge in [-0.15, -0.1) is 5.11 Å². The van der Waals surface area contributed by atoms with Gasteiger partial charge in [0.05, 0.1) is 11.6 Å². The van der Waals surface area contributed by atoms with Crippen LogP contribution in [0, 0.1) is 11.3 Å². The van der Waals surface area contributed by atoms with Crippen molar-refractivity contribution in [3.05, 3.63) is 28.2 Å². The summed E-state index contributed by atoms with van der Waals surface area (Å²) in [6.45, 7) is 1.97. The molecule has 5 heteroatoms. The molecule has 0 unspecified atom stereocenters. The highest BCUT2D eigenvalue weighted by Crippen LogP contribution is 2.27. The number of rotatable bonds is 2. The van der Waals surface area contributed by atoms with Gasteiger partial charge in [0.25, 0.3) is 0 Å². The van der Waals surface area contributed by atoms with E-state index in [1.807, 2.05) is 5.01 Å². The molecule has 16 heavy (non-hydrogen) atoms. The summed E-state index contributed by atoms with van der Waals surface area (Å²) in [5.41, 5.74) is 1.37. The summed E-state index contributed by atoms with van der Waals surface area (Å²) < 4.78 is 0.800. The van der Waals surface area contributed by atoms with Crippen molar-refractivity contribution >= 4 is 21.6 Å². The third-order valence-corrected chi connectivity index (χ3v) is 3.07. The minimum atomic E-state index is 0.618. The molecule has 0 bridgehead atoms. The molecule has 0 amide bonds. The molecule has 0 saturated carbocycles. The molecule has 0 atom stereocenters. The normalized spacial score (nSPS) is 15.6. The Hall–Kier alpha value is -1.41. The quantitative estimate of drug-likeness (QED) is 0.779. The van der Waals surface area contributed by atoms with Crippen LogP contribution in [0.25, 0.3) is 0 Å². The topological polar surface area (TPSA) is 51.8 Å². The van der Waals surface area contributed by atoms with Gasteiger partial charge in [0, 0.05) is 17.6 Å². The first-order valence-electron chi connectivity index (χ1n) is 5.16. The molecular weight excluding hydrogens is 268 g/mol. The van der Waals surface area contributed by atoms with E-state index in [0.29, 0.717) is 5.56 Å². The highest BCUT2D eigenvalue weighted by molar-refractivity contribution is 9.10. The van der Waals surface area contributed by atoms with Gasteiger partial charge in [0.15, 0.2) is 0 Å². The molecule has 0 aliphatic carbocycles. The van der Waals surface area contributed by atoms with Crippen LogP contribution in [0.3, 0.4) is 0 Å². The first-order valence-corrected chi connectivity index (χ1v) is 5.95. The minimum absolute atomic E-state index is 0.618. The van der Waals surface area contributed by atoms with E-state index in [1.165, 1.54) is 12.8 Å². The average molecular weight is 279 g/mol. The Kier molecular flexibility index (Phi) is 3.52. The number of hydrogen-bond acceptors (Lipinski definition) is 3. The molecule has 4 nitrogen and oxygen atoms in total. The lowest BCUT2D eigenvalue weighted by molar-refractivity contribution is 0.336. The average Bonchev–Trinajstić information content (AvgIpc) is 2.80. The fraction of sp³-hybridized carbons (Fsp3) is 0.364. The summed E-state index contributed by atoms with van der Waals surface area (Å²) in [7, 11) is 0. The monoisotopic (exact) mass is 278 g/mol. The molecule has 1 heterocycles. The lowest BCUT2D eigenvalue weighted by Crippen LogP contribution is -2.09. The molecule has 0 aromatic heterocycles. The number of nitrogens with zero attached hydrogens (tertiary/aromatic N) is 4. The maximum atomic E-state index is 8.72. The first kappa shape index (κ1) is 11.1. The van der Waals surface area contributed by atoms with Crippen LogP contribution in [0.1, 0.15) is 18.4 Å². The molecule has 82 valence electrons. The van der Waals surface area contributed by atoms with Crippen molar-refractivity contribution in [1.82, 2.24) is 5.01 Å². The number of nitriles is 1. The molecule has 1 saturated heterocycles. The molecular formula is C11H11BrN4. The van der Waals surface area contributed by atoms with E-state index in [4.69, 9.17) is 5.26 Å². The Morgan fingerprint density at radius 1 is 1.31 bits per heavy atom. The fourth-order valence-corrected chi connectivity index (χ4v) is 2.02. The molecule has 0 N–H and O–H groups in total. The van der Waals surface area contributed by atoms with Crippen LogP contribution < -0.4 is 0 Å². The molecule has 1 aliphatic rings. The van der Waals surface area contributed by atoms with Crippen molar-refractivity contribution in [3.8, 4) is 6.07 Å². The first-order chi connectivity index (χ1) is 7.79. The minimum Gasteiger partial charge on any atom is -0.278 e. The Bertz CT molecular complexity index is 444. The summed E-state index contributed by atoms with van der Waals surface area (Å²) in [5, 5.41) is 19.0. The zero-order chi connectivity index (χ0) is 11.4. The predicted molar refractivity (Wildman–Crippen MR) is 64.2 cm³/mol. The third kappa shape index (κ3) is 2.58. The van der Waals surface area contributed by atoms with E-state index in [2.05, 4.69) is 32.3 Å². The SMILES string of the molecule is N#Cc1ccc(N=NN2CCCC2)c(Br)c1. The molecule has 2 rings (SSSR count).